The number of pyridine rings is 1. The summed E-state index contributed by atoms with van der Waals surface area (Å²) < 4.78 is 0. The van der Waals surface area contributed by atoms with Gasteiger partial charge in [0, 0.05) is 42.7 Å². The van der Waals surface area contributed by atoms with Crippen LogP contribution in [0, 0.1) is 25.7 Å². The summed E-state index contributed by atoms with van der Waals surface area (Å²) in [7, 11) is 0. The molecule has 1 atom stereocenters. The third kappa shape index (κ3) is 4.69. The first-order valence-corrected chi connectivity index (χ1v) is 11.0. The molecule has 0 spiro atoms. The Kier molecular flexibility index (Phi) is 5.99. The third-order valence-electron chi connectivity index (χ3n) is 6.65. The minimum atomic E-state index is -0.0810. The molecule has 156 valence electrons. The van der Waals surface area contributed by atoms with Gasteiger partial charge in [0.1, 0.15) is 11.6 Å². The van der Waals surface area contributed by atoms with E-state index >= 15 is 0 Å². The normalized spacial score (nSPS) is 21.5. The number of likely N-dealkylation sites (tertiary alicyclic amines) is 1. The first-order valence-electron chi connectivity index (χ1n) is 11.0. The van der Waals surface area contributed by atoms with E-state index in [-0.39, 0.29) is 5.56 Å². The van der Waals surface area contributed by atoms with Crippen LogP contribution in [0.5, 0.6) is 0 Å². The van der Waals surface area contributed by atoms with Crippen LogP contribution in [0.15, 0.2) is 23.1 Å². The molecule has 29 heavy (non-hydrogen) atoms. The Morgan fingerprint density at radius 2 is 1.93 bits per heavy atom. The van der Waals surface area contributed by atoms with Crippen molar-refractivity contribution in [3.8, 4) is 11.4 Å². The molecule has 0 saturated carbocycles. The highest BCUT2D eigenvalue weighted by molar-refractivity contribution is 5.56. The smallest absolute Gasteiger partial charge is 0.254 e. The van der Waals surface area contributed by atoms with Crippen molar-refractivity contribution in [1.82, 2.24) is 19.9 Å². The third-order valence-corrected chi connectivity index (χ3v) is 6.65. The molecular weight excluding hydrogens is 362 g/mol. The lowest BCUT2D eigenvalue weighted by Crippen LogP contribution is -2.43. The summed E-state index contributed by atoms with van der Waals surface area (Å²) in [6, 6.07) is 4.08. The summed E-state index contributed by atoms with van der Waals surface area (Å²) in [5.41, 5.74) is 2.20. The molecule has 2 fully saturated rings. The van der Waals surface area contributed by atoms with Crippen LogP contribution >= 0.6 is 0 Å². The lowest BCUT2D eigenvalue weighted by molar-refractivity contribution is 0.159. The number of aromatic amines is 1. The predicted octanol–water partition coefficient (Wildman–Crippen LogP) is 3.40. The van der Waals surface area contributed by atoms with Gasteiger partial charge in [-0.3, -0.25) is 4.79 Å². The van der Waals surface area contributed by atoms with E-state index in [0.29, 0.717) is 11.4 Å². The van der Waals surface area contributed by atoms with E-state index < -0.39 is 0 Å². The maximum atomic E-state index is 12.0. The molecular formula is C23H33N5O. The van der Waals surface area contributed by atoms with E-state index in [2.05, 4.69) is 32.8 Å². The van der Waals surface area contributed by atoms with Crippen molar-refractivity contribution < 1.29 is 0 Å². The van der Waals surface area contributed by atoms with Gasteiger partial charge in [0.25, 0.3) is 5.56 Å². The van der Waals surface area contributed by atoms with Crippen molar-refractivity contribution in [2.75, 3.05) is 37.6 Å². The number of anilines is 1. The number of rotatable bonds is 4. The predicted molar refractivity (Wildman–Crippen MR) is 117 cm³/mol. The number of aromatic nitrogens is 3. The Hall–Kier alpha value is -2.21. The average molecular weight is 396 g/mol. The molecule has 2 aliphatic heterocycles. The Labute approximate surface area is 173 Å². The van der Waals surface area contributed by atoms with E-state index in [1.165, 1.54) is 45.3 Å². The highest BCUT2D eigenvalue weighted by atomic mass is 16.1. The van der Waals surface area contributed by atoms with Crippen LogP contribution in [0.3, 0.4) is 0 Å². The maximum Gasteiger partial charge on any atom is 0.254 e. The zero-order valence-corrected chi connectivity index (χ0v) is 17.9. The molecule has 2 aromatic rings. The summed E-state index contributed by atoms with van der Waals surface area (Å²) in [5.74, 6) is 3.22. The Bertz CT molecular complexity index is 883. The maximum absolute atomic E-state index is 12.0. The summed E-state index contributed by atoms with van der Waals surface area (Å²) in [5, 5.41) is 0. The fourth-order valence-electron chi connectivity index (χ4n) is 4.53. The number of nitrogens with one attached hydrogen (secondary N) is 1. The van der Waals surface area contributed by atoms with Gasteiger partial charge in [0.05, 0.1) is 0 Å². The summed E-state index contributed by atoms with van der Waals surface area (Å²) >= 11 is 0. The van der Waals surface area contributed by atoms with Crippen LogP contribution in [0.1, 0.15) is 43.9 Å². The number of H-pyrrole nitrogens is 1. The van der Waals surface area contributed by atoms with Gasteiger partial charge in [0.15, 0.2) is 0 Å². The number of piperidine rings is 2. The number of hydrogen-bond acceptors (Lipinski definition) is 5. The number of nitrogens with zero attached hydrogens (tertiary/aromatic N) is 4. The minimum absolute atomic E-state index is 0.0810. The molecule has 0 bridgehead atoms. The summed E-state index contributed by atoms with van der Waals surface area (Å²) in [4.78, 5) is 29.2. The highest BCUT2D eigenvalue weighted by Gasteiger charge is 2.24. The van der Waals surface area contributed by atoms with Crippen LogP contribution in [-0.4, -0.2) is 52.6 Å². The molecule has 2 saturated heterocycles. The monoisotopic (exact) mass is 395 g/mol. The van der Waals surface area contributed by atoms with Gasteiger partial charge in [-0.05, 0) is 76.6 Å². The average Bonchev–Trinajstić information content (AvgIpc) is 2.74. The van der Waals surface area contributed by atoms with Crippen LogP contribution in [-0.2, 0) is 0 Å². The molecule has 0 amide bonds. The lowest BCUT2D eigenvalue weighted by Gasteiger charge is -2.38. The molecule has 6 nitrogen and oxygen atoms in total. The minimum Gasteiger partial charge on any atom is -0.356 e. The van der Waals surface area contributed by atoms with Crippen molar-refractivity contribution in [1.29, 1.82) is 0 Å². The topological polar surface area (TPSA) is 65.1 Å². The second kappa shape index (κ2) is 8.66. The van der Waals surface area contributed by atoms with E-state index in [4.69, 9.17) is 4.98 Å². The Balaban J connectivity index is 1.41. The van der Waals surface area contributed by atoms with E-state index in [9.17, 15) is 4.79 Å². The Morgan fingerprint density at radius 1 is 1.14 bits per heavy atom. The summed E-state index contributed by atoms with van der Waals surface area (Å²) in [6.07, 6.45) is 7.05. The fourth-order valence-corrected chi connectivity index (χ4v) is 4.53. The molecule has 2 aromatic heterocycles. The van der Waals surface area contributed by atoms with Crippen molar-refractivity contribution in [2.24, 2.45) is 11.8 Å². The van der Waals surface area contributed by atoms with Gasteiger partial charge in [-0.2, -0.15) is 0 Å². The molecule has 0 aliphatic carbocycles. The molecule has 4 heterocycles. The number of hydrogen-bond donors (Lipinski definition) is 1. The first-order chi connectivity index (χ1) is 14.0. The van der Waals surface area contributed by atoms with E-state index in [1.54, 1.807) is 6.92 Å². The molecule has 1 unspecified atom stereocenters. The van der Waals surface area contributed by atoms with Gasteiger partial charge < -0.3 is 14.8 Å². The Morgan fingerprint density at radius 3 is 2.62 bits per heavy atom. The van der Waals surface area contributed by atoms with Crippen molar-refractivity contribution in [3.05, 3.63) is 39.9 Å². The second-order valence-electron chi connectivity index (χ2n) is 8.97. The van der Waals surface area contributed by atoms with Gasteiger partial charge in [-0.15, -0.1) is 0 Å². The fraction of sp³-hybridized carbons (Fsp3) is 0.609. The molecule has 2 aliphatic rings. The number of aryl methyl sites for hydroxylation is 1. The van der Waals surface area contributed by atoms with Gasteiger partial charge in [0.2, 0.25) is 0 Å². The first kappa shape index (κ1) is 20.1. The molecule has 0 aromatic carbocycles. The van der Waals surface area contributed by atoms with Gasteiger partial charge in [-0.1, -0.05) is 6.92 Å². The SMILES string of the molecule is Cc1nc(-c2ccc(N3CCCC(CN4CCC(C)CC4)C3)nc2)[nH]c(=O)c1C. The summed E-state index contributed by atoms with van der Waals surface area (Å²) in [6.45, 7) is 11.9. The van der Waals surface area contributed by atoms with Gasteiger partial charge in [-0.25, -0.2) is 9.97 Å². The van der Waals surface area contributed by atoms with Crippen molar-refractivity contribution >= 4 is 5.82 Å². The quantitative estimate of drug-likeness (QED) is 0.860. The second-order valence-corrected chi connectivity index (χ2v) is 8.97. The van der Waals surface area contributed by atoms with Gasteiger partial charge >= 0.3 is 0 Å². The van der Waals surface area contributed by atoms with Crippen molar-refractivity contribution in [3.63, 3.8) is 0 Å². The van der Waals surface area contributed by atoms with Crippen LogP contribution in [0.4, 0.5) is 5.82 Å². The largest absolute Gasteiger partial charge is 0.356 e. The standard InChI is InChI=1S/C23H33N5O/c1-16-8-11-27(12-9-16)14-19-5-4-10-28(15-19)21-7-6-20(13-24-21)22-25-18(3)17(2)23(29)26-22/h6-7,13,16,19H,4-5,8-12,14-15H2,1-3H3,(H,25,26,29). The van der Waals surface area contributed by atoms with Crippen molar-refractivity contribution in [2.45, 2.75) is 46.5 Å². The zero-order chi connectivity index (χ0) is 20.4. The van der Waals surface area contributed by atoms with Crippen LogP contribution in [0.25, 0.3) is 11.4 Å². The zero-order valence-electron chi connectivity index (χ0n) is 17.9. The van der Waals surface area contributed by atoms with Crippen LogP contribution in [0.2, 0.25) is 0 Å². The van der Waals surface area contributed by atoms with E-state index in [1.807, 2.05) is 19.2 Å². The molecule has 1 N–H and O–H groups in total. The molecule has 4 rings (SSSR count). The van der Waals surface area contributed by atoms with Crippen LogP contribution < -0.4 is 10.5 Å². The molecule has 0 radical (unpaired) electrons. The van der Waals surface area contributed by atoms with E-state index in [0.717, 1.165) is 42.0 Å². The molecule has 6 heteroatoms. The lowest BCUT2D eigenvalue weighted by atomic mass is 9.94. The highest BCUT2D eigenvalue weighted by Crippen LogP contribution is 2.25.